The standard InChI is InChI=1S/C10H11N3O3/c1-7-3-9(16-12-7)6-15-10(14)8-4-11-13(2)5-8/h3-5H,6H2,1-2H3. The van der Waals surface area contributed by atoms with Crippen molar-refractivity contribution < 1.29 is 14.1 Å². The molecule has 2 rings (SSSR count). The summed E-state index contributed by atoms with van der Waals surface area (Å²) in [7, 11) is 1.73. The van der Waals surface area contributed by atoms with E-state index in [-0.39, 0.29) is 6.61 Å². The number of rotatable bonds is 3. The van der Waals surface area contributed by atoms with Gasteiger partial charge in [-0.2, -0.15) is 5.10 Å². The van der Waals surface area contributed by atoms with Crippen LogP contribution in [0.15, 0.2) is 23.0 Å². The number of hydrogen-bond acceptors (Lipinski definition) is 5. The van der Waals surface area contributed by atoms with Crippen molar-refractivity contribution in [3.63, 3.8) is 0 Å². The quantitative estimate of drug-likeness (QED) is 0.725. The second kappa shape index (κ2) is 4.18. The van der Waals surface area contributed by atoms with Gasteiger partial charge in [-0.25, -0.2) is 4.79 Å². The molecule has 0 aromatic carbocycles. The summed E-state index contributed by atoms with van der Waals surface area (Å²) in [6, 6.07) is 1.72. The van der Waals surface area contributed by atoms with Crippen molar-refractivity contribution >= 4 is 5.97 Å². The van der Waals surface area contributed by atoms with Crippen LogP contribution in [0, 0.1) is 6.92 Å². The van der Waals surface area contributed by atoms with Gasteiger partial charge in [0.15, 0.2) is 12.4 Å². The van der Waals surface area contributed by atoms with E-state index in [1.54, 1.807) is 26.2 Å². The van der Waals surface area contributed by atoms with E-state index in [0.717, 1.165) is 5.69 Å². The minimum absolute atomic E-state index is 0.0779. The van der Waals surface area contributed by atoms with Gasteiger partial charge in [-0.05, 0) is 6.92 Å². The van der Waals surface area contributed by atoms with Gasteiger partial charge < -0.3 is 9.26 Å². The van der Waals surface area contributed by atoms with E-state index in [1.165, 1.54) is 10.9 Å². The molecule has 84 valence electrons. The summed E-state index contributed by atoms with van der Waals surface area (Å²) in [5.74, 6) is 0.0943. The first-order valence-electron chi connectivity index (χ1n) is 4.73. The fraction of sp³-hybridized carbons (Fsp3) is 0.300. The van der Waals surface area contributed by atoms with Crippen molar-refractivity contribution in [3.8, 4) is 0 Å². The SMILES string of the molecule is Cc1cc(COC(=O)c2cnn(C)c2)on1. The van der Waals surface area contributed by atoms with Gasteiger partial charge in [-0.3, -0.25) is 4.68 Å². The third-order valence-corrected chi connectivity index (χ3v) is 1.96. The molecule has 0 atom stereocenters. The lowest BCUT2D eigenvalue weighted by Crippen LogP contribution is -2.03. The van der Waals surface area contributed by atoms with Crippen molar-refractivity contribution in [2.75, 3.05) is 0 Å². The third kappa shape index (κ3) is 2.28. The van der Waals surface area contributed by atoms with Gasteiger partial charge in [0, 0.05) is 19.3 Å². The molecular weight excluding hydrogens is 210 g/mol. The van der Waals surface area contributed by atoms with E-state index in [0.29, 0.717) is 11.3 Å². The summed E-state index contributed by atoms with van der Waals surface area (Å²) in [5, 5.41) is 7.57. The number of carbonyl (C=O) groups is 1. The third-order valence-electron chi connectivity index (χ3n) is 1.96. The Balaban J connectivity index is 1.93. The second-order valence-corrected chi connectivity index (χ2v) is 3.41. The molecular formula is C10H11N3O3. The van der Waals surface area contributed by atoms with Gasteiger partial charge in [-0.1, -0.05) is 5.16 Å². The van der Waals surface area contributed by atoms with Gasteiger partial charge in [0.1, 0.15) is 0 Å². The molecule has 0 aliphatic carbocycles. The van der Waals surface area contributed by atoms with Crippen LogP contribution in [0.25, 0.3) is 0 Å². The highest BCUT2D eigenvalue weighted by atomic mass is 16.5. The van der Waals surface area contributed by atoms with Crippen LogP contribution in [0.2, 0.25) is 0 Å². The Morgan fingerprint density at radius 1 is 1.62 bits per heavy atom. The first-order valence-corrected chi connectivity index (χ1v) is 4.73. The predicted octanol–water partition coefficient (Wildman–Crippen LogP) is 1.07. The second-order valence-electron chi connectivity index (χ2n) is 3.41. The Kier molecular flexibility index (Phi) is 2.72. The van der Waals surface area contributed by atoms with Crippen molar-refractivity contribution in [2.45, 2.75) is 13.5 Å². The molecule has 0 spiro atoms. The van der Waals surface area contributed by atoms with E-state index in [4.69, 9.17) is 9.26 Å². The molecule has 0 saturated carbocycles. The maximum atomic E-state index is 11.5. The van der Waals surface area contributed by atoms with Crippen molar-refractivity contribution in [1.82, 2.24) is 14.9 Å². The Morgan fingerprint density at radius 3 is 3.00 bits per heavy atom. The molecule has 0 saturated heterocycles. The Bertz CT molecular complexity index is 501. The molecule has 2 aromatic heterocycles. The fourth-order valence-corrected chi connectivity index (χ4v) is 1.23. The van der Waals surface area contributed by atoms with E-state index < -0.39 is 5.97 Å². The Labute approximate surface area is 91.8 Å². The molecule has 2 heterocycles. The van der Waals surface area contributed by atoms with E-state index in [2.05, 4.69) is 10.3 Å². The molecule has 0 unspecified atom stereocenters. The van der Waals surface area contributed by atoms with Crippen molar-refractivity contribution in [3.05, 3.63) is 35.5 Å². The van der Waals surface area contributed by atoms with Crippen LogP contribution in [0.3, 0.4) is 0 Å². The number of carbonyl (C=O) groups excluding carboxylic acids is 1. The Morgan fingerprint density at radius 2 is 2.44 bits per heavy atom. The van der Waals surface area contributed by atoms with Crippen LogP contribution in [0.4, 0.5) is 0 Å². The van der Waals surface area contributed by atoms with Gasteiger partial charge in [0.05, 0.1) is 17.5 Å². The molecule has 0 aliphatic rings. The average molecular weight is 221 g/mol. The van der Waals surface area contributed by atoms with Crippen LogP contribution in [-0.2, 0) is 18.4 Å². The number of hydrogen-bond donors (Lipinski definition) is 0. The molecule has 6 heteroatoms. The monoisotopic (exact) mass is 221 g/mol. The maximum Gasteiger partial charge on any atom is 0.341 e. The number of esters is 1. The number of aromatic nitrogens is 3. The summed E-state index contributed by atoms with van der Waals surface area (Å²) >= 11 is 0. The van der Waals surface area contributed by atoms with Crippen LogP contribution in [0.5, 0.6) is 0 Å². The zero-order valence-electron chi connectivity index (χ0n) is 9.01. The van der Waals surface area contributed by atoms with E-state index in [9.17, 15) is 4.79 Å². The molecule has 0 bridgehead atoms. The first-order chi connectivity index (χ1) is 7.65. The van der Waals surface area contributed by atoms with Gasteiger partial charge in [-0.15, -0.1) is 0 Å². The summed E-state index contributed by atoms with van der Waals surface area (Å²) in [6.45, 7) is 1.88. The normalized spacial score (nSPS) is 10.4. The molecule has 0 amide bonds. The highest BCUT2D eigenvalue weighted by Crippen LogP contribution is 2.06. The average Bonchev–Trinajstić information content (AvgIpc) is 2.84. The van der Waals surface area contributed by atoms with Crippen molar-refractivity contribution in [2.24, 2.45) is 7.05 Å². The van der Waals surface area contributed by atoms with Crippen LogP contribution >= 0.6 is 0 Å². The Hall–Kier alpha value is -2.11. The maximum absolute atomic E-state index is 11.5. The summed E-state index contributed by atoms with van der Waals surface area (Å²) < 4.78 is 11.5. The molecule has 16 heavy (non-hydrogen) atoms. The number of ether oxygens (including phenoxy) is 1. The molecule has 0 radical (unpaired) electrons. The number of nitrogens with zero attached hydrogens (tertiary/aromatic N) is 3. The lowest BCUT2D eigenvalue weighted by atomic mass is 10.3. The van der Waals surface area contributed by atoms with E-state index in [1.807, 2.05) is 0 Å². The molecule has 2 aromatic rings. The summed E-state index contributed by atoms with van der Waals surface area (Å²) in [6.07, 6.45) is 3.04. The van der Waals surface area contributed by atoms with Crippen LogP contribution < -0.4 is 0 Å². The topological polar surface area (TPSA) is 70.2 Å². The van der Waals surface area contributed by atoms with Crippen LogP contribution in [0.1, 0.15) is 21.8 Å². The summed E-state index contributed by atoms with van der Waals surface area (Å²) in [4.78, 5) is 11.5. The molecule has 6 nitrogen and oxygen atoms in total. The zero-order chi connectivity index (χ0) is 11.5. The van der Waals surface area contributed by atoms with Crippen LogP contribution in [-0.4, -0.2) is 20.9 Å². The number of aryl methyl sites for hydroxylation is 2. The zero-order valence-corrected chi connectivity index (χ0v) is 9.01. The van der Waals surface area contributed by atoms with Gasteiger partial charge in [0.25, 0.3) is 0 Å². The molecule has 0 fully saturated rings. The highest BCUT2D eigenvalue weighted by molar-refractivity contribution is 5.88. The highest BCUT2D eigenvalue weighted by Gasteiger charge is 2.10. The summed E-state index contributed by atoms with van der Waals surface area (Å²) in [5.41, 5.74) is 1.17. The van der Waals surface area contributed by atoms with Gasteiger partial charge in [0.2, 0.25) is 0 Å². The van der Waals surface area contributed by atoms with E-state index >= 15 is 0 Å². The molecule has 0 N–H and O–H groups in total. The minimum Gasteiger partial charge on any atom is -0.454 e. The minimum atomic E-state index is -0.429. The smallest absolute Gasteiger partial charge is 0.341 e. The lowest BCUT2D eigenvalue weighted by Gasteiger charge is -1.98. The fourth-order valence-electron chi connectivity index (χ4n) is 1.23. The largest absolute Gasteiger partial charge is 0.454 e. The lowest BCUT2D eigenvalue weighted by molar-refractivity contribution is 0.0437. The van der Waals surface area contributed by atoms with Crippen molar-refractivity contribution in [1.29, 1.82) is 0 Å². The first kappa shape index (κ1) is 10.4. The molecule has 0 aliphatic heterocycles. The predicted molar refractivity (Wildman–Crippen MR) is 53.6 cm³/mol. The van der Waals surface area contributed by atoms with Gasteiger partial charge >= 0.3 is 5.97 Å².